The zero-order chi connectivity index (χ0) is 16.8. The molecule has 2 heterocycles. The summed E-state index contributed by atoms with van der Waals surface area (Å²) < 4.78 is 11.4. The standard InChI is InChI=1S/C19H19N3O2/c1-23-19-13-22-17(11-18(19)24-16-4-2-3-5-16)15(12-20)10-14-6-8-21-9-7-14/h6-11,13,16H,2-5H2,1H3. The maximum absolute atomic E-state index is 9.50. The molecule has 1 fully saturated rings. The number of pyridine rings is 2. The molecule has 1 aliphatic carbocycles. The van der Waals surface area contributed by atoms with E-state index in [-0.39, 0.29) is 6.10 Å². The van der Waals surface area contributed by atoms with E-state index < -0.39 is 0 Å². The van der Waals surface area contributed by atoms with Crippen molar-refractivity contribution >= 4 is 11.6 Å². The van der Waals surface area contributed by atoms with Crippen LogP contribution in [0.15, 0.2) is 36.8 Å². The Balaban J connectivity index is 1.92. The van der Waals surface area contributed by atoms with Gasteiger partial charge >= 0.3 is 0 Å². The van der Waals surface area contributed by atoms with Gasteiger partial charge < -0.3 is 9.47 Å². The molecule has 0 amide bonds. The van der Waals surface area contributed by atoms with Gasteiger partial charge in [-0.05, 0) is 49.5 Å². The summed E-state index contributed by atoms with van der Waals surface area (Å²) in [7, 11) is 1.59. The van der Waals surface area contributed by atoms with Gasteiger partial charge in [0.1, 0.15) is 6.07 Å². The molecule has 0 saturated heterocycles. The van der Waals surface area contributed by atoms with E-state index in [1.165, 1.54) is 12.8 Å². The van der Waals surface area contributed by atoms with Crippen LogP contribution in [0.3, 0.4) is 0 Å². The van der Waals surface area contributed by atoms with Gasteiger partial charge in [0.2, 0.25) is 0 Å². The van der Waals surface area contributed by atoms with Crippen molar-refractivity contribution in [2.75, 3.05) is 7.11 Å². The summed E-state index contributed by atoms with van der Waals surface area (Å²) in [6.45, 7) is 0. The average molecular weight is 321 g/mol. The molecular formula is C19H19N3O2. The van der Waals surface area contributed by atoms with Crippen molar-refractivity contribution in [3.8, 4) is 17.6 Å². The molecule has 5 nitrogen and oxygen atoms in total. The Bertz CT molecular complexity index is 760. The van der Waals surface area contributed by atoms with Crippen LogP contribution in [0.2, 0.25) is 0 Å². The number of ether oxygens (including phenoxy) is 2. The van der Waals surface area contributed by atoms with E-state index >= 15 is 0 Å². The highest BCUT2D eigenvalue weighted by atomic mass is 16.5. The molecule has 0 aliphatic heterocycles. The van der Waals surface area contributed by atoms with E-state index in [4.69, 9.17) is 9.47 Å². The SMILES string of the molecule is COc1cnc(C(C#N)=Cc2ccncc2)cc1OC1CCCC1. The van der Waals surface area contributed by atoms with Crippen molar-refractivity contribution in [3.05, 3.63) is 48.0 Å². The molecule has 0 spiro atoms. The van der Waals surface area contributed by atoms with Gasteiger partial charge in [-0.15, -0.1) is 0 Å². The number of methoxy groups -OCH3 is 1. The van der Waals surface area contributed by atoms with Crippen LogP contribution >= 0.6 is 0 Å². The Kier molecular flexibility index (Phi) is 5.07. The van der Waals surface area contributed by atoms with E-state index in [1.807, 2.05) is 12.1 Å². The third-order valence-corrected chi connectivity index (χ3v) is 4.06. The molecule has 5 heteroatoms. The minimum absolute atomic E-state index is 0.212. The fourth-order valence-electron chi connectivity index (χ4n) is 2.79. The monoisotopic (exact) mass is 321 g/mol. The second-order valence-electron chi connectivity index (χ2n) is 5.70. The van der Waals surface area contributed by atoms with E-state index in [0.717, 1.165) is 18.4 Å². The van der Waals surface area contributed by atoms with Gasteiger partial charge in [-0.25, -0.2) is 0 Å². The lowest BCUT2D eigenvalue weighted by atomic mass is 10.1. The highest BCUT2D eigenvalue weighted by Gasteiger charge is 2.19. The first kappa shape index (κ1) is 16.0. The maximum atomic E-state index is 9.50. The van der Waals surface area contributed by atoms with Crippen molar-refractivity contribution in [2.45, 2.75) is 31.8 Å². The fourth-order valence-corrected chi connectivity index (χ4v) is 2.79. The first-order valence-electron chi connectivity index (χ1n) is 8.03. The first-order valence-corrected chi connectivity index (χ1v) is 8.03. The number of hydrogen-bond acceptors (Lipinski definition) is 5. The Morgan fingerprint density at radius 2 is 2.00 bits per heavy atom. The first-order chi connectivity index (χ1) is 11.8. The van der Waals surface area contributed by atoms with Gasteiger partial charge in [-0.1, -0.05) is 0 Å². The van der Waals surface area contributed by atoms with Gasteiger partial charge in [-0.3, -0.25) is 9.97 Å². The summed E-state index contributed by atoms with van der Waals surface area (Å²) in [5.41, 5.74) is 1.95. The van der Waals surface area contributed by atoms with Gasteiger partial charge in [-0.2, -0.15) is 5.26 Å². The van der Waals surface area contributed by atoms with Gasteiger partial charge in [0.25, 0.3) is 0 Å². The Hall–Kier alpha value is -2.87. The molecule has 0 bridgehead atoms. The lowest BCUT2D eigenvalue weighted by molar-refractivity contribution is 0.200. The largest absolute Gasteiger partial charge is 0.491 e. The van der Waals surface area contributed by atoms with Crippen molar-refractivity contribution in [1.82, 2.24) is 9.97 Å². The predicted octanol–water partition coefficient (Wildman–Crippen LogP) is 3.87. The molecule has 0 N–H and O–H groups in total. The Labute approximate surface area is 141 Å². The van der Waals surface area contributed by atoms with E-state index in [0.29, 0.717) is 22.8 Å². The lowest BCUT2D eigenvalue weighted by Gasteiger charge is -2.16. The lowest BCUT2D eigenvalue weighted by Crippen LogP contribution is -2.12. The van der Waals surface area contributed by atoms with Crippen LogP contribution in [0.4, 0.5) is 0 Å². The molecule has 0 aromatic carbocycles. The number of nitrogens with zero attached hydrogens (tertiary/aromatic N) is 3. The summed E-state index contributed by atoms with van der Waals surface area (Å²) in [5.74, 6) is 1.23. The number of nitriles is 1. The molecule has 24 heavy (non-hydrogen) atoms. The smallest absolute Gasteiger partial charge is 0.179 e. The zero-order valence-corrected chi connectivity index (χ0v) is 13.6. The topological polar surface area (TPSA) is 68.0 Å². The second-order valence-corrected chi connectivity index (χ2v) is 5.70. The summed E-state index contributed by atoms with van der Waals surface area (Å²) in [6, 6.07) is 7.68. The van der Waals surface area contributed by atoms with Gasteiger partial charge in [0, 0.05) is 18.5 Å². The second kappa shape index (κ2) is 7.60. The fraction of sp³-hybridized carbons (Fsp3) is 0.316. The number of rotatable bonds is 5. The van der Waals surface area contributed by atoms with E-state index in [2.05, 4.69) is 16.0 Å². The minimum atomic E-state index is 0.212. The summed E-state index contributed by atoms with van der Waals surface area (Å²) >= 11 is 0. The molecule has 1 saturated carbocycles. The third-order valence-electron chi connectivity index (χ3n) is 4.06. The van der Waals surface area contributed by atoms with Gasteiger partial charge in [0.05, 0.1) is 30.7 Å². The van der Waals surface area contributed by atoms with E-state index in [1.54, 1.807) is 37.8 Å². The molecule has 2 aromatic heterocycles. The molecule has 0 atom stereocenters. The predicted molar refractivity (Wildman–Crippen MR) is 91.4 cm³/mol. The molecule has 3 rings (SSSR count). The normalized spacial score (nSPS) is 15.1. The zero-order valence-electron chi connectivity index (χ0n) is 13.6. The van der Waals surface area contributed by atoms with Crippen molar-refractivity contribution in [2.24, 2.45) is 0 Å². The van der Waals surface area contributed by atoms with Crippen molar-refractivity contribution in [3.63, 3.8) is 0 Å². The number of hydrogen-bond donors (Lipinski definition) is 0. The summed E-state index contributed by atoms with van der Waals surface area (Å²) in [5, 5.41) is 9.50. The van der Waals surface area contributed by atoms with Crippen LogP contribution in [0.5, 0.6) is 11.5 Å². The molecule has 0 radical (unpaired) electrons. The van der Waals surface area contributed by atoms with Crippen molar-refractivity contribution in [1.29, 1.82) is 5.26 Å². The molecule has 1 aliphatic rings. The molecular weight excluding hydrogens is 302 g/mol. The Morgan fingerprint density at radius 3 is 2.67 bits per heavy atom. The third kappa shape index (κ3) is 3.72. The summed E-state index contributed by atoms with van der Waals surface area (Å²) in [6.07, 6.45) is 11.5. The van der Waals surface area contributed by atoms with E-state index in [9.17, 15) is 5.26 Å². The van der Waals surface area contributed by atoms with Crippen LogP contribution in [0.1, 0.15) is 36.9 Å². The quantitative estimate of drug-likeness (QED) is 0.782. The maximum Gasteiger partial charge on any atom is 0.179 e. The average Bonchev–Trinajstić information content (AvgIpc) is 3.13. The van der Waals surface area contributed by atoms with Crippen LogP contribution in [-0.4, -0.2) is 23.2 Å². The Morgan fingerprint density at radius 1 is 1.25 bits per heavy atom. The number of allylic oxidation sites excluding steroid dienone is 1. The van der Waals surface area contributed by atoms with Crippen molar-refractivity contribution < 1.29 is 9.47 Å². The highest BCUT2D eigenvalue weighted by molar-refractivity contribution is 5.88. The number of aromatic nitrogens is 2. The van der Waals surface area contributed by atoms with Gasteiger partial charge in [0.15, 0.2) is 11.5 Å². The minimum Gasteiger partial charge on any atom is -0.491 e. The molecule has 2 aromatic rings. The van der Waals surface area contributed by atoms with Crippen LogP contribution in [-0.2, 0) is 0 Å². The van der Waals surface area contributed by atoms with Crippen LogP contribution in [0, 0.1) is 11.3 Å². The molecule has 0 unspecified atom stereocenters. The highest BCUT2D eigenvalue weighted by Crippen LogP contribution is 2.33. The molecule has 122 valence electrons. The summed E-state index contributed by atoms with van der Waals surface area (Å²) in [4.78, 5) is 8.32. The van der Waals surface area contributed by atoms with Crippen LogP contribution in [0.25, 0.3) is 11.6 Å². The van der Waals surface area contributed by atoms with Crippen LogP contribution < -0.4 is 9.47 Å².